The van der Waals surface area contributed by atoms with Crippen molar-refractivity contribution in [1.29, 1.82) is 0 Å². The van der Waals surface area contributed by atoms with Crippen molar-refractivity contribution >= 4 is 23.3 Å². The highest BCUT2D eigenvalue weighted by Crippen LogP contribution is 2.38. The molecule has 2 atom stereocenters. The molecular formula is C27H31ClN6O3. The summed E-state index contributed by atoms with van der Waals surface area (Å²) < 4.78 is 13.2. The summed E-state index contributed by atoms with van der Waals surface area (Å²) in [4.78, 5) is 19.8. The molecule has 2 aliphatic heterocycles. The molecule has 37 heavy (non-hydrogen) atoms. The fraction of sp³-hybridized carbons (Fsp3) is 0.481. The molecule has 1 aromatic carbocycles. The van der Waals surface area contributed by atoms with Gasteiger partial charge in [-0.05, 0) is 54.2 Å². The molecule has 6 rings (SSSR count). The summed E-state index contributed by atoms with van der Waals surface area (Å²) in [6.45, 7) is 2.29. The number of aromatic nitrogens is 4. The molecule has 1 amide bonds. The molecule has 2 fully saturated rings. The topological polar surface area (TPSA) is 94.4 Å². The molecule has 1 aliphatic carbocycles. The van der Waals surface area contributed by atoms with Crippen LogP contribution in [0, 0.1) is 0 Å². The first kappa shape index (κ1) is 24.5. The Hall–Kier alpha value is -2.85. The lowest BCUT2D eigenvalue weighted by Gasteiger charge is -2.41. The van der Waals surface area contributed by atoms with Crippen molar-refractivity contribution in [2.75, 3.05) is 25.2 Å². The third-order valence-corrected chi connectivity index (χ3v) is 8.22. The van der Waals surface area contributed by atoms with E-state index in [0.717, 1.165) is 41.8 Å². The molecule has 10 heteroatoms. The average molecular weight is 523 g/mol. The van der Waals surface area contributed by atoms with Crippen molar-refractivity contribution in [1.82, 2.24) is 25.1 Å². The SMILES string of the molecule is COC1CCCC1NCc1cc(Cl)nc(N2Cc3ccc(C4(Cc5nncn5C)COC4)cc3C2=O)c1. The zero-order valence-corrected chi connectivity index (χ0v) is 21.9. The minimum absolute atomic E-state index is 0.0604. The van der Waals surface area contributed by atoms with Gasteiger partial charge < -0.3 is 19.4 Å². The van der Waals surface area contributed by atoms with Crippen LogP contribution in [0.2, 0.25) is 5.15 Å². The summed E-state index contributed by atoms with van der Waals surface area (Å²) in [5.41, 5.74) is 3.56. The molecule has 9 nitrogen and oxygen atoms in total. The highest BCUT2D eigenvalue weighted by Gasteiger charge is 2.43. The molecule has 0 bridgehead atoms. The zero-order chi connectivity index (χ0) is 25.6. The lowest BCUT2D eigenvalue weighted by molar-refractivity contribution is -0.0611. The van der Waals surface area contributed by atoms with Crippen molar-refractivity contribution in [2.24, 2.45) is 7.05 Å². The number of carbonyl (C=O) groups excluding carboxylic acids is 1. The Morgan fingerprint density at radius 2 is 2.11 bits per heavy atom. The van der Waals surface area contributed by atoms with Gasteiger partial charge in [-0.15, -0.1) is 10.2 Å². The second kappa shape index (κ2) is 9.79. The summed E-state index contributed by atoms with van der Waals surface area (Å²) in [7, 11) is 3.71. The lowest BCUT2D eigenvalue weighted by atomic mass is 9.75. The van der Waals surface area contributed by atoms with Crippen LogP contribution in [0.25, 0.3) is 0 Å². The smallest absolute Gasteiger partial charge is 0.260 e. The Labute approximate surface area is 221 Å². The minimum atomic E-state index is -0.211. The van der Waals surface area contributed by atoms with E-state index in [0.29, 0.717) is 55.3 Å². The first-order chi connectivity index (χ1) is 18.0. The predicted octanol–water partition coefficient (Wildman–Crippen LogP) is 3.19. The molecule has 1 saturated carbocycles. The molecule has 0 radical (unpaired) electrons. The number of halogens is 1. The molecule has 1 saturated heterocycles. The largest absolute Gasteiger partial charge is 0.380 e. The number of ether oxygens (including phenoxy) is 2. The fourth-order valence-electron chi connectivity index (χ4n) is 5.77. The number of carbonyl (C=O) groups is 1. The number of rotatable bonds is 8. The van der Waals surface area contributed by atoms with E-state index in [-0.39, 0.29) is 17.4 Å². The summed E-state index contributed by atoms with van der Waals surface area (Å²) in [6.07, 6.45) is 5.97. The quantitative estimate of drug-likeness (QED) is 0.454. The number of nitrogens with zero attached hydrogens (tertiary/aromatic N) is 5. The van der Waals surface area contributed by atoms with Crippen LogP contribution in [0.1, 0.15) is 52.1 Å². The van der Waals surface area contributed by atoms with Gasteiger partial charge in [0.2, 0.25) is 0 Å². The molecule has 194 valence electrons. The summed E-state index contributed by atoms with van der Waals surface area (Å²) >= 11 is 6.40. The van der Waals surface area contributed by atoms with Gasteiger partial charge in [0.1, 0.15) is 23.1 Å². The number of nitrogens with one attached hydrogen (secondary N) is 1. The molecule has 2 unspecified atom stereocenters. The number of aryl methyl sites for hydroxylation is 1. The standard InChI is InChI=1S/C27H31ClN6O3/c1-33-16-30-32-25(33)11-27(14-37-15-27)19-7-6-18-13-34(26(35)20(18)10-19)24-9-17(8-23(28)31-24)12-29-21-4-3-5-22(21)36-2/h6-10,16,21-22,29H,3-5,11-15H2,1-2H3. The van der Waals surface area contributed by atoms with E-state index in [2.05, 4.69) is 32.6 Å². The molecular weight excluding hydrogens is 492 g/mol. The monoisotopic (exact) mass is 522 g/mol. The summed E-state index contributed by atoms with van der Waals surface area (Å²) in [5.74, 6) is 1.41. The van der Waals surface area contributed by atoms with Crippen LogP contribution >= 0.6 is 11.6 Å². The Morgan fingerprint density at radius 1 is 1.24 bits per heavy atom. The van der Waals surface area contributed by atoms with Gasteiger partial charge in [-0.1, -0.05) is 23.7 Å². The Morgan fingerprint density at radius 3 is 2.84 bits per heavy atom. The third-order valence-electron chi connectivity index (χ3n) is 8.03. The second-order valence-corrected chi connectivity index (χ2v) is 10.8. The van der Waals surface area contributed by atoms with E-state index in [9.17, 15) is 4.79 Å². The highest BCUT2D eigenvalue weighted by atomic mass is 35.5. The van der Waals surface area contributed by atoms with E-state index in [1.807, 2.05) is 29.8 Å². The Balaban J connectivity index is 1.21. The van der Waals surface area contributed by atoms with E-state index >= 15 is 0 Å². The molecule has 3 aromatic rings. The van der Waals surface area contributed by atoms with E-state index in [4.69, 9.17) is 21.1 Å². The molecule has 3 aliphatic rings. The first-order valence-corrected chi connectivity index (χ1v) is 13.1. The average Bonchev–Trinajstić information content (AvgIpc) is 3.58. The summed E-state index contributed by atoms with van der Waals surface area (Å²) in [5, 5.41) is 12.2. The van der Waals surface area contributed by atoms with E-state index in [1.165, 1.54) is 0 Å². The number of pyridine rings is 1. The van der Waals surface area contributed by atoms with Crippen LogP contribution in [0.4, 0.5) is 5.82 Å². The Bertz CT molecular complexity index is 1320. The molecule has 4 heterocycles. The summed E-state index contributed by atoms with van der Waals surface area (Å²) in [6, 6.07) is 10.3. The zero-order valence-electron chi connectivity index (χ0n) is 21.1. The van der Waals surface area contributed by atoms with Crippen molar-refractivity contribution in [3.05, 3.63) is 69.9 Å². The van der Waals surface area contributed by atoms with Crippen LogP contribution < -0.4 is 10.2 Å². The normalized spacial score (nSPS) is 22.4. The van der Waals surface area contributed by atoms with Crippen LogP contribution in [-0.2, 0) is 41.4 Å². The molecule has 0 spiro atoms. The van der Waals surface area contributed by atoms with Crippen molar-refractivity contribution in [3.63, 3.8) is 0 Å². The second-order valence-electron chi connectivity index (χ2n) is 10.4. The van der Waals surface area contributed by atoms with Gasteiger partial charge in [-0.25, -0.2) is 4.98 Å². The van der Waals surface area contributed by atoms with Crippen molar-refractivity contribution in [2.45, 2.75) is 56.3 Å². The fourth-order valence-corrected chi connectivity index (χ4v) is 6.00. The van der Waals surface area contributed by atoms with Crippen molar-refractivity contribution in [3.8, 4) is 0 Å². The highest BCUT2D eigenvalue weighted by molar-refractivity contribution is 6.29. The van der Waals surface area contributed by atoms with Gasteiger partial charge in [0.15, 0.2) is 0 Å². The maximum atomic E-state index is 13.6. The van der Waals surface area contributed by atoms with Gasteiger partial charge in [0, 0.05) is 44.1 Å². The minimum Gasteiger partial charge on any atom is -0.380 e. The Kier molecular flexibility index (Phi) is 6.48. The lowest BCUT2D eigenvalue weighted by Crippen LogP contribution is -2.49. The van der Waals surface area contributed by atoms with Gasteiger partial charge in [-0.3, -0.25) is 9.69 Å². The number of hydrogen-bond acceptors (Lipinski definition) is 7. The van der Waals surface area contributed by atoms with E-state index in [1.54, 1.807) is 18.3 Å². The predicted molar refractivity (Wildman–Crippen MR) is 139 cm³/mol. The third kappa shape index (κ3) is 4.54. The van der Waals surface area contributed by atoms with Crippen LogP contribution in [0.5, 0.6) is 0 Å². The first-order valence-electron chi connectivity index (χ1n) is 12.7. The molecule has 2 aromatic heterocycles. The number of anilines is 1. The molecule has 1 N–H and O–H groups in total. The van der Waals surface area contributed by atoms with Gasteiger partial charge in [-0.2, -0.15) is 0 Å². The van der Waals surface area contributed by atoms with E-state index < -0.39 is 0 Å². The van der Waals surface area contributed by atoms with Crippen LogP contribution in [0.15, 0.2) is 36.7 Å². The number of amides is 1. The van der Waals surface area contributed by atoms with Gasteiger partial charge in [0.25, 0.3) is 5.91 Å². The van der Waals surface area contributed by atoms with Crippen LogP contribution in [-0.4, -0.2) is 58.1 Å². The van der Waals surface area contributed by atoms with Gasteiger partial charge in [0.05, 0.1) is 25.9 Å². The number of methoxy groups -OCH3 is 1. The maximum absolute atomic E-state index is 13.6. The number of hydrogen-bond donors (Lipinski definition) is 1. The van der Waals surface area contributed by atoms with Crippen molar-refractivity contribution < 1.29 is 14.3 Å². The number of fused-ring (bicyclic) bond motifs is 1. The maximum Gasteiger partial charge on any atom is 0.260 e. The van der Waals surface area contributed by atoms with Gasteiger partial charge >= 0.3 is 0 Å². The van der Waals surface area contributed by atoms with Crippen LogP contribution in [0.3, 0.4) is 0 Å². The number of benzene rings is 1.